The zero-order chi connectivity index (χ0) is 6.57. The highest BCUT2D eigenvalue weighted by Gasteiger charge is 1.96. The highest BCUT2D eigenvalue weighted by Crippen LogP contribution is 1.80. The second kappa shape index (κ2) is 3.83. The lowest BCUT2D eigenvalue weighted by Gasteiger charge is -2.25. The molecule has 0 saturated carbocycles. The molecule has 3 nitrogen and oxygen atoms in total. The Bertz CT molecular complexity index is 49.6. The molecule has 0 aliphatic heterocycles. The monoisotopic (exact) mass is 117 g/mol. The number of hydrogen-bond donors (Lipinski definition) is 1. The first-order chi connectivity index (χ1) is 3.72. The van der Waals surface area contributed by atoms with Crippen molar-refractivity contribution in [3.8, 4) is 0 Å². The van der Waals surface area contributed by atoms with Gasteiger partial charge in [0.2, 0.25) is 0 Å². The van der Waals surface area contributed by atoms with Crippen molar-refractivity contribution in [1.82, 2.24) is 15.6 Å². The molecular formula is C5H15N3. The van der Waals surface area contributed by atoms with Crippen molar-refractivity contribution >= 4 is 0 Å². The summed E-state index contributed by atoms with van der Waals surface area (Å²) >= 11 is 0. The van der Waals surface area contributed by atoms with Gasteiger partial charge < -0.3 is 0 Å². The van der Waals surface area contributed by atoms with E-state index in [2.05, 4.69) is 12.3 Å². The average molecular weight is 117 g/mol. The molecule has 0 atom stereocenters. The van der Waals surface area contributed by atoms with Crippen molar-refractivity contribution in [2.75, 3.05) is 27.7 Å². The van der Waals surface area contributed by atoms with Gasteiger partial charge in [-0.2, -0.15) is 5.12 Å². The molecular weight excluding hydrogens is 102 g/mol. The number of nitrogens with one attached hydrogen (secondary N) is 1. The zero-order valence-corrected chi connectivity index (χ0v) is 6.10. The largest absolute Gasteiger partial charge is 0.244 e. The second-order valence-electron chi connectivity index (χ2n) is 1.79. The lowest BCUT2D eigenvalue weighted by Crippen LogP contribution is -2.44. The lowest BCUT2D eigenvalue weighted by atomic mass is 10.8. The Kier molecular flexibility index (Phi) is 3.77. The summed E-state index contributed by atoms with van der Waals surface area (Å²) in [7, 11) is 5.91. The van der Waals surface area contributed by atoms with Crippen LogP contribution in [-0.4, -0.2) is 37.8 Å². The minimum Gasteiger partial charge on any atom is -0.244 e. The van der Waals surface area contributed by atoms with E-state index in [1.807, 2.05) is 31.3 Å². The van der Waals surface area contributed by atoms with Gasteiger partial charge >= 0.3 is 0 Å². The third-order valence-electron chi connectivity index (χ3n) is 1.04. The number of hydrogen-bond acceptors (Lipinski definition) is 3. The van der Waals surface area contributed by atoms with Crippen LogP contribution in [0.1, 0.15) is 6.92 Å². The summed E-state index contributed by atoms with van der Waals surface area (Å²) in [6.07, 6.45) is 0. The van der Waals surface area contributed by atoms with E-state index in [1.54, 1.807) is 0 Å². The van der Waals surface area contributed by atoms with Gasteiger partial charge in [0.05, 0.1) is 0 Å². The third kappa shape index (κ3) is 2.26. The van der Waals surface area contributed by atoms with E-state index in [0.29, 0.717) is 0 Å². The standard InChI is InChI=1S/C5H15N3/c1-5-8(6-2)7(3)4/h6H,5H2,1-4H3. The molecule has 1 N–H and O–H groups in total. The molecule has 0 rings (SSSR count). The van der Waals surface area contributed by atoms with Gasteiger partial charge in [0.1, 0.15) is 0 Å². The fraction of sp³-hybridized carbons (Fsp3) is 1.00. The predicted octanol–water partition coefficient (Wildman–Crippen LogP) is -0.0807. The van der Waals surface area contributed by atoms with Crippen LogP contribution in [0.4, 0.5) is 0 Å². The molecule has 50 valence electrons. The van der Waals surface area contributed by atoms with Gasteiger partial charge in [-0.1, -0.05) is 0 Å². The van der Waals surface area contributed by atoms with Crippen LogP contribution in [0.25, 0.3) is 0 Å². The van der Waals surface area contributed by atoms with Crippen LogP contribution in [0.15, 0.2) is 0 Å². The van der Waals surface area contributed by atoms with Crippen LogP contribution >= 0.6 is 0 Å². The van der Waals surface area contributed by atoms with Crippen LogP contribution in [0, 0.1) is 0 Å². The summed E-state index contributed by atoms with van der Waals surface area (Å²) in [6.45, 7) is 3.08. The Morgan fingerprint density at radius 1 is 1.38 bits per heavy atom. The molecule has 0 bridgehead atoms. The minimum atomic E-state index is 0.990. The first kappa shape index (κ1) is 7.88. The molecule has 0 aromatic rings. The first-order valence-electron chi connectivity index (χ1n) is 2.84. The average Bonchev–Trinajstić information content (AvgIpc) is 1.69. The first-order valence-corrected chi connectivity index (χ1v) is 2.84. The highest BCUT2D eigenvalue weighted by molar-refractivity contribution is 4.32. The van der Waals surface area contributed by atoms with Gasteiger partial charge in [0.15, 0.2) is 0 Å². The maximum Gasteiger partial charge on any atom is 0.0261 e. The van der Waals surface area contributed by atoms with E-state index < -0.39 is 0 Å². The van der Waals surface area contributed by atoms with Gasteiger partial charge in [-0.25, -0.2) is 10.4 Å². The van der Waals surface area contributed by atoms with Crippen molar-refractivity contribution in [3.63, 3.8) is 0 Å². The van der Waals surface area contributed by atoms with Crippen LogP contribution in [0.5, 0.6) is 0 Å². The Morgan fingerprint density at radius 3 is 1.88 bits per heavy atom. The van der Waals surface area contributed by atoms with Gasteiger partial charge in [0.25, 0.3) is 0 Å². The molecule has 0 fully saturated rings. The molecule has 0 spiro atoms. The Morgan fingerprint density at radius 2 is 1.88 bits per heavy atom. The number of hydrazine groups is 2. The third-order valence-corrected chi connectivity index (χ3v) is 1.04. The molecule has 0 amide bonds. The zero-order valence-electron chi connectivity index (χ0n) is 6.10. The summed E-state index contributed by atoms with van der Waals surface area (Å²) < 4.78 is 0. The molecule has 3 heteroatoms. The van der Waals surface area contributed by atoms with E-state index in [0.717, 1.165) is 6.54 Å². The van der Waals surface area contributed by atoms with Crippen LogP contribution in [-0.2, 0) is 0 Å². The van der Waals surface area contributed by atoms with Gasteiger partial charge in [-0.15, -0.1) is 0 Å². The van der Waals surface area contributed by atoms with Crippen molar-refractivity contribution in [2.45, 2.75) is 6.92 Å². The fourth-order valence-electron chi connectivity index (χ4n) is 0.641. The van der Waals surface area contributed by atoms with Gasteiger partial charge in [-0.05, 0) is 6.92 Å². The Labute approximate surface area is 51.2 Å². The van der Waals surface area contributed by atoms with E-state index >= 15 is 0 Å². The molecule has 0 aromatic heterocycles. The summed E-state index contributed by atoms with van der Waals surface area (Å²) in [5.74, 6) is 0. The van der Waals surface area contributed by atoms with Gasteiger partial charge in [-0.3, -0.25) is 0 Å². The molecule has 0 aliphatic carbocycles. The fourth-order valence-corrected chi connectivity index (χ4v) is 0.641. The Hall–Kier alpha value is -0.120. The van der Waals surface area contributed by atoms with Crippen LogP contribution < -0.4 is 5.43 Å². The maximum atomic E-state index is 3.01. The minimum absolute atomic E-state index is 0.990. The molecule has 0 aliphatic rings. The van der Waals surface area contributed by atoms with Crippen molar-refractivity contribution in [1.29, 1.82) is 0 Å². The van der Waals surface area contributed by atoms with Crippen molar-refractivity contribution in [3.05, 3.63) is 0 Å². The molecule has 0 unspecified atom stereocenters. The Balaban J connectivity index is 3.35. The summed E-state index contributed by atoms with van der Waals surface area (Å²) in [5.41, 5.74) is 3.01. The predicted molar refractivity (Wildman–Crippen MR) is 35.1 cm³/mol. The molecule has 8 heavy (non-hydrogen) atoms. The SMILES string of the molecule is CCN(NC)N(C)C. The van der Waals surface area contributed by atoms with E-state index in [-0.39, 0.29) is 0 Å². The van der Waals surface area contributed by atoms with E-state index in [4.69, 9.17) is 0 Å². The van der Waals surface area contributed by atoms with Crippen LogP contribution in [0.3, 0.4) is 0 Å². The molecule has 0 aromatic carbocycles. The maximum absolute atomic E-state index is 3.01. The van der Waals surface area contributed by atoms with Gasteiger partial charge in [0, 0.05) is 27.7 Å². The molecule has 0 saturated heterocycles. The van der Waals surface area contributed by atoms with Crippen LogP contribution in [0.2, 0.25) is 0 Å². The normalized spacial score (nSPS) is 11.2. The summed E-state index contributed by atoms with van der Waals surface area (Å²) in [6, 6.07) is 0. The van der Waals surface area contributed by atoms with Crippen molar-refractivity contribution < 1.29 is 0 Å². The topological polar surface area (TPSA) is 18.5 Å². The number of nitrogens with zero attached hydrogens (tertiary/aromatic N) is 2. The number of rotatable bonds is 3. The van der Waals surface area contributed by atoms with E-state index in [1.165, 1.54) is 0 Å². The summed E-state index contributed by atoms with van der Waals surface area (Å²) in [5, 5.41) is 4.00. The smallest absolute Gasteiger partial charge is 0.0261 e. The van der Waals surface area contributed by atoms with E-state index in [9.17, 15) is 0 Å². The highest BCUT2D eigenvalue weighted by atomic mass is 15.8. The molecule has 0 radical (unpaired) electrons. The second-order valence-corrected chi connectivity index (χ2v) is 1.79. The summed E-state index contributed by atoms with van der Waals surface area (Å²) in [4.78, 5) is 0. The van der Waals surface area contributed by atoms with Crippen molar-refractivity contribution in [2.24, 2.45) is 0 Å². The molecule has 0 heterocycles. The lowest BCUT2D eigenvalue weighted by molar-refractivity contribution is -0.0136. The quantitative estimate of drug-likeness (QED) is 0.522.